The highest BCUT2D eigenvalue weighted by Gasteiger charge is 2.30. The summed E-state index contributed by atoms with van der Waals surface area (Å²) in [6.07, 6.45) is 8.06. The number of nitrogens with one attached hydrogen (secondary N) is 1. The van der Waals surface area contributed by atoms with Gasteiger partial charge in [-0.3, -0.25) is 4.79 Å². The van der Waals surface area contributed by atoms with Crippen LogP contribution in [0.3, 0.4) is 0 Å². The van der Waals surface area contributed by atoms with E-state index in [0.29, 0.717) is 30.7 Å². The molecule has 0 saturated carbocycles. The minimum Gasteiger partial charge on any atom is -0.462 e. The standard InChI is InChI=1S/C22H25FN2O3.C3H5F.C2H6/c1-4-6-7-20(26)25-13-18(22(27)28-10-5-2)21-17(11-14(25)3)16-9-8-15(23)12-19(16)24-21;1-2-3-4;1-2/h6-9,12-14,24H,4-5,10-11H2,1-3H3;2H,1,3H2;1-2H3/b7-6+;;. The number of hydrogen-bond donors (Lipinski definition) is 1. The van der Waals surface area contributed by atoms with Crippen LogP contribution in [-0.2, 0) is 20.7 Å². The predicted molar refractivity (Wildman–Crippen MR) is 134 cm³/mol. The third-order valence-corrected chi connectivity index (χ3v) is 4.90. The van der Waals surface area contributed by atoms with E-state index in [1.54, 1.807) is 23.2 Å². The molecule has 1 aromatic heterocycles. The molecule has 5 nitrogen and oxygen atoms in total. The van der Waals surface area contributed by atoms with Gasteiger partial charge < -0.3 is 14.6 Å². The smallest absolute Gasteiger partial charge is 0.341 e. The van der Waals surface area contributed by atoms with Gasteiger partial charge >= 0.3 is 5.97 Å². The zero-order valence-electron chi connectivity index (χ0n) is 20.8. The van der Waals surface area contributed by atoms with Gasteiger partial charge in [-0.2, -0.15) is 0 Å². The Hall–Kier alpha value is -3.22. The fraction of sp³-hybridized carbons (Fsp3) is 0.407. The number of amides is 1. The minimum absolute atomic E-state index is 0.173. The molecule has 34 heavy (non-hydrogen) atoms. The van der Waals surface area contributed by atoms with Crippen LogP contribution in [0.5, 0.6) is 0 Å². The van der Waals surface area contributed by atoms with Crippen molar-refractivity contribution in [2.75, 3.05) is 13.3 Å². The summed E-state index contributed by atoms with van der Waals surface area (Å²) in [5.74, 6) is -1.03. The summed E-state index contributed by atoms with van der Waals surface area (Å²) in [5, 5.41) is 0.843. The van der Waals surface area contributed by atoms with Crippen LogP contribution in [-0.4, -0.2) is 41.1 Å². The van der Waals surface area contributed by atoms with Gasteiger partial charge in [0.25, 0.3) is 0 Å². The van der Waals surface area contributed by atoms with Gasteiger partial charge in [0.05, 0.1) is 17.9 Å². The highest BCUT2D eigenvalue weighted by atomic mass is 19.1. The molecular weight excluding hydrogens is 438 g/mol. The summed E-state index contributed by atoms with van der Waals surface area (Å²) in [4.78, 5) is 30.2. The molecule has 1 atom stereocenters. The van der Waals surface area contributed by atoms with E-state index in [0.717, 1.165) is 17.4 Å². The molecule has 0 fully saturated rings. The molecule has 7 heteroatoms. The topological polar surface area (TPSA) is 62.4 Å². The van der Waals surface area contributed by atoms with Gasteiger partial charge in [0.15, 0.2) is 0 Å². The minimum atomic E-state index is -0.499. The second-order valence-electron chi connectivity index (χ2n) is 7.40. The Morgan fingerprint density at radius 1 is 1.29 bits per heavy atom. The van der Waals surface area contributed by atoms with Crippen molar-refractivity contribution in [2.24, 2.45) is 0 Å². The average molecular weight is 475 g/mol. The number of ether oxygens (including phenoxy) is 1. The number of aromatic amines is 1. The first-order chi connectivity index (χ1) is 16.4. The van der Waals surface area contributed by atoms with Gasteiger partial charge in [-0.15, -0.1) is 6.58 Å². The number of carbonyl (C=O) groups excluding carboxylic acids is 2. The third kappa shape index (κ3) is 7.40. The molecule has 1 aliphatic heterocycles. The normalized spacial score (nSPS) is 14.7. The Morgan fingerprint density at radius 3 is 2.56 bits per heavy atom. The molecule has 2 heterocycles. The van der Waals surface area contributed by atoms with E-state index in [1.165, 1.54) is 24.3 Å². The Kier molecular flexibility index (Phi) is 12.6. The molecule has 0 bridgehead atoms. The summed E-state index contributed by atoms with van der Waals surface area (Å²) >= 11 is 0. The zero-order chi connectivity index (χ0) is 25.7. The van der Waals surface area contributed by atoms with Crippen LogP contribution in [0, 0.1) is 5.82 Å². The number of esters is 1. The Bertz CT molecular complexity index is 1020. The fourth-order valence-corrected chi connectivity index (χ4v) is 3.41. The fourth-order valence-electron chi connectivity index (χ4n) is 3.41. The number of H-pyrrole nitrogens is 1. The molecular formula is C27H36F2N2O3. The zero-order valence-corrected chi connectivity index (χ0v) is 20.8. The van der Waals surface area contributed by atoms with E-state index >= 15 is 0 Å². The van der Waals surface area contributed by atoms with Crippen LogP contribution in [0.4, 0.5) is 8.78 Å². The first-order valence-electron chi connectivity index (χ1n) is 11.7. The lowest BCUT2D eigenvalue weighted by Gasteiger charge is -2.23. The van der Waals surface area contributed by atoms with E-state index in [2.05, 4.69) is 11.6 Å². The second kappa shape index (κ2) is 14.8. The SMILES string of the molecule is C=CCF.CC.CC/C=C/C(=O)N1C=C(C(=O)OCCC)c2[nH]c3cc(F)ccc3c2CC1C. The first-order valence-corrected chi connectivity index (χ1v) is 11.7. The van der Waals surface area contributed by atoms with Crippen LogP contribution < -0.4 is 0 Å². The molecule has 1 aliphatic rings. The van der Waals surface area contributed by atoms with Crippen molar-refractivity contribution in [3.8, 4) is 0 Å². The van der Waals surface area contributed by atoms with E-state index < -0.39 is 12.6 Å². The Labute approximate surface area is 201 Å². The van der Waals surface area contributed by atoms with Gasteiger partial charge in [-0.05, 0) is 56.0 Å². The van der Waals surface area contributed by atoms with Crippen LogP contribution in [0.15, 0.2) is 49.2 Å². The monoisotopic (exact) mass is 474 g/mol. The van der Waals surface area contributed by atoms with Gasteiger partial charge in [0.1, 0.15) is 12.5 Å². The highest BCUT2D eigenvalue weighted by Crippen LogP contribution is 2.33. The second-order valence-corrected chi connectivity index (χ2v) is 7.40. The number of carbonyl (C=O) groups is 2. The third-order valence-electron chi connectivity index (χ3n) is 4.90. The van der Waals surface area contributed by atoms with Crippen molar-refractivity contribution in [3.05, 3.63) is 66.3 Å². The first kappa shape index (κ1) is 28.8. The molecule has 1 aromatic carbocycles. The molecule has 0 saturated heterocycles. The number of fused-ring (bicyclic) bond motifs is 3. The number of benzene rings is 1. The van der Waals surface area contributed by atoms with Crippen molar-refractivity contribution < 1.29 is 23.1 Å². The number of aromatic nitrogens is 1. The average Bonchev–Trinajstić information content (AvgIpc) is 3.11. The molecule has 3 rings (SSSR count). The number of halogens is 2. The number of hydrogen-bond acceptors (Lipinski definition) is 3. The summed E-state index contributed by atoms with van der Waals surface area (Å²) in [5.41, 5.74) is 2.37. The van der Waals surface area contributed by atoms with Gasteiger partial charge in [-0.1, -0.05) is 39.8 Å². The summed E-state index contributed by atoms with van der Waals surface area (Å²) < 4.78 is 29.6. The van der Waals surface area contributed by atoms with Gasteiger partial charge in [-0.25, -0.2) is 13.6 Å². The number of alkyl halides is 1. The number of nitrogens with zero attached hydrogens (tertiary/aromatic N) is 1. The highest BCUT2D eigenvalue weighted by molar-refractivity contribution is 6.18. The van der Waals surface area contributed by atoms with Crippen molar-refractivity contribution in [1.82, 2.24) is 9.88 Å². The van der Waals surface area contributed by atoms with Crippen molar-refractivity contribution in [3.63, 3.8) is 0 Å². The van der Waals surface area contributed by atoms with Crippen molar-refractivity contribution in [2.45, 2.75) is 59.9 Å². The Morgan fingerprint density at radius 2 is 1.97 bits per heavy atom. The molecule has 1 N–H and O–H groups in total. The maximum absolute atomic E-state index is 13.7. The van der Waals surface area contributed by atoms with E-state index in [4.69, 9.17) is 4.74 Å². The maximum atomic E-state index is 13.7. The van der Waals surface area contributed by atoms with Crippen molar-refractivity contribution >= 4 is 28.4 Å². The van der Waals surface area contributed by atoms with E-state index in [1.807, 2.05) is 34.6 Å². The molecule has 0 spiro atoms. The van der Waals surface area contributed by atoms with Crippen LogP contribution in [0.2, 0.25) is 0 Å². The van der Waals surface area contributed by atoms with Gasteiger partial charge in [0, 0.05) is 23.1 Å². The summed E-state index contributed by atoms with van der Waals surface area (Å²) in [7, 11) is 0. The predicted octanol–water partition coefficient (Wildman–Crippen LogP) is 6.51. The molecule has 186 valence electrons. The lowest BCUT2D eigenvalue weighted by Crippen LogP contribution is -2.34. The van der Waals surface area contributed by atoms with Crippen molar-refractivity contribution in [1.29, 1.82) is 0 Å². The molecule has 2 aromatic rings. The summed E-state index contributed by atoms with van der Waals surface area (Å²) in [6.45, 7) is 12.8. The van der Waals surface area contributed by atoms with E-state index in [9.17, 15) is 18.4 Å². The summed E-state index contributed by atoms with van der Waals surface area (Å²) in [6, 6.07) is 4.35. The Balaban J connectivity index is 0.000000872. The molecule has 1 unspecified atom stereocenters. The molecule has 1 amide bonds. The number of rotatable bonds is 6. The van der Waals surface area contributed by atoms with Gasteiger partial charge in [0.2, 0.25) is 5.91 Å². The largest absolute Gasteiger partial charge is 0.462 e. The van der Waals surface area contributed by atoms with Crippen LogP contribution in [0.1, 0.15) is 58.7 Å². The van der Waals surface area contributed by atoms with Crippen LogP contribution in [0.25, 0.3) is 16.5 Å². The van der Waals surface area contributed by atoms with Crippen LogP contribution >= 0.6 is 0 Å². The lowest BCUT2D eigenvalue weighted by molar-refractivity contribution is -0.136. The molecule has 0 aliphatic carbocycles. The number of allylic oxidation sites excluding steroid dienone is 2. The lowest BCUT2D eigenvalue weighted by atomic mass is 10.0. The maximum Gasteiger partial charge on any atom is 0.341 e. The van der Waals surface area contributed by atoms with E-state index in [-0.39, 0.29) is 23.3 Å². The molecule has 0 radical (unpaired) electrons. The quantitative estimate of drug-likeness (QED) is 0.295.